The summed E-state index contributed by atoms with van der Waals surface area (Å²) in [5.74, 6) is -0.0857. The van der Waals surface area contributed by atoms with Gasteiger partial charge in [-0.15, -0.1) is 0 Å². The molecule has 1 atom stereocenters. The van der Waals surface area contributed by atoms with E-state index in [0.717, 1.165) is 18.5 Å². The number of hydrogen-bond donors (Lipinski definition) is 2. The number of benzene rings is 1. The van der Waals surface area contributed by atoms with Gasteiger partial charge in [0, 0.05) is 6.54 Å². The van der Waals surface area contributed by atoms with Crippen molar-refractivity contribution in [1.82, 2.24) is 10.2 Å². The number of carbonyl (C=O) groups is 1. The number of carbonyl (C=O) groups excluding carboxylic acids is 1. The smallest absolute Gasteiger partial charge is 0.241 e. The van der Waals surface area contributed by atoms with Gasteiger partial charge in [0.15, 0.2) is 0 Å². The molecule has 1 aliphatic rings. The van der Waals surface area contributed by atoms with Crippen LogP contribution < -0.4 is 11.1 Å². The number of likely N-dealkylation sites (tertiary alicyclic amines) is 1. The van der Waals surface area contributed by atoms with Crippen LogP contribution in [-0.2, 0) is 4.79 Å². The molecule has 1 aliphatic heterocycles. The van der Waals surface area contributed by atoms with Crippen molar-refractivity contribution < 1.29 is 4.79 Å². The largest absolute Gasteiger partial charge is 0.354 e. The molecule has 2 rings (SSSR count). The molecule has 0 spiro atoms. The first kappa shape index (κ1) is 16.0. The maximum absolute atomic E-state index is 12.0. The van der Waals surface area contributed by atoms with E-state index in [2.05, 4.69) is 10.2 Å². The van der Waals surface area contributed by atoms with Crippen LogP contribution in [0, 0.1) is 6.92 Å². The van der Waals surface area contributed by atoms with Gasteiger partial charge in [0.25, 0.3) is 0 Å². The van der Waals surface area contributed by atoms with E-state index in [0.29, 0.717) is 6.54 Å². The number of aryl methyl sites for hydroxylation is 1. The van der Waals surface area contributed by atoms with Gasteiger partial charge in [0.1, 0.15) is 6.04 Å². The summed E-state index contributed by atoms with van der Waals surface area (Å²) in [7, 11) is 0. The summed E-state index contributed by atoms with van der Waals surface area (Å²) >= 11 is 0. The lowest BCUT2D eigenvalue weighted by Crippen LogP contribution is -2.37. The van der Waals surface area contributed by atoms with Crippen LogP contribution in [0.25, 0.3) is 0 Å². The molecule has 21 heavy (non-hydrogen) atoms. The molecule has 1 aromatic carbocycles. The van der Waals surface area contributed by atoms with Crippen molar-refractivity contribution in [2.24, 2.45) is 5.73 Å². The minimum Gasteiger partial charge on any atom is -0.354 e. The monoisotopic (exact) mass is 289 g/mol. The summed E-state index contributed by atoms with van der Waals surface area (Å²) < 4.78 is 0. The van der Waals surface area contributed by atoms with E-state index in [1.54, 1.807) is 0 Å². The molecule has 1 unspecified atom stereocenters. The van der Waals surface area contributed by atoms with E-state index in [4.69, 9.17) is 5.73 Å². The van der Waals surface area contributed by atoms with Gasteiger partial charge in [-0.2, -0.15) is 0 Å². The van der Waals surface area contributed by atoms with Crippen molar-refractivity contribution in [1.29, 1.82) is 0 Å². The second-order valence-electron chi connectivity index (χ2n) is 5.94. The van der Waals surface area contributed by atoms with Crippen molar-refractivity contribution >= 4 is 5.91 Å². The zero-order chi connectivity index (χ0) is 15.1. The van der Waals surface area contributed by atoms with Crippen molar-refractivity contribution in [2.75, 3.05) is 26.2 Å². The van der Waals surface area contributed by atoms with E-state index < -0.39 is 6.04 Å². The van der Waals surface area contributed by atoms with Crippen LogP contribution in [0.15, 0.2) is 24.3 Å². The SMILES string of the molecule is Cc1ccc(C(N)C(=O)NCCCN2CCCCC2)cc1. The number of amides is 1. The average molecular weight is 289 g/mol. The third-order valence-corrected chi connectivity index (χ3v) is 4.12. The summed E-state index contributed by atoms with van der Waals surface area (Å²) in [6, 6.07) is 7.25. The highest BCUT2D eigenvalue weighted by atomic mass is 16.2. The molecule has 0 saturated carbocycles. The average Bonchev–Trinajstić information content (AvgIpc) is 2.52. The zero-order valence-corrected chi connectivity index (χ0v) is 13.0. The van der Waals surface area contributed by atoms with Crippen LogP contribution >= 0.6 is 0 Å². The van der Waals surface area contributed by atoms with Crippen LogP contribution in [-0.4, -0.2) is 37.0 Å². The first-order valence-corrected chi connectivity index (χ1v) is 7.99. The van der Waals surface area contributed by atoms with Gasteiger partial charge in [-0.3, -0.25) is 4.79 Å². The van der Waals surface area contributed by atoms with Gasteiger partial charge in [-0.25, -0.2) is 0 Å². The van der Waals surface area contributed by atoms with Crippen LogP contribution in [0.4, 0.5) is 0 Å². The Morgan fingerprint density at radius 1 is 1.24 bits per heavy atom. The Morgan fingerprint density at radius 2 is 1.90 bits per heavy atom. The fraction of sp³-hybridized carbons (Fsp3) is 0.588. The highest BCUT2D eigenvalue weighted by Gasteiger charge is 2.15. The Labute approximate surface area is 127 Å². The van der Waals surface area contributed by atoms with Gasteiger partial charge >= 0.3 is 0 Å². The second-order valence-corrected chi connectivity index (χ2v) is 5.94. The zero-order valence-electron chi connectivity index (χ0n) is 13.0. The molecular weight excluding hydrogens is 262 g/mol. The predicted molar refractivity (Wildman–Crippen MR) is 86.0 cm³/mol. The summed E-state index contributed by atoms with van der Waals surface area (Å²) in [5.41, 5.74) is 8.03. The minimum atomic E-state index is -0.569. The number of piperidine rings is 1. The number of nitrogens with zero attached hydrogens (tertiary/aromatic N) is 1. The molecule has 1 aromatic rings. The Kier molecular flexibility index (Phi) is 6.21. The molecule has 1 heterocycles. The van der Waals surface area contributed by atoms with E-state index in [9.17, 15) is 4.79 Å². The van der Waals surface area contributed by atoms with E-state index in [-0.39, 0.29) is 5.91 Å². The third kappa shape index (κ3) is 5.14. The summed E-state index contributed by atoms with van der Waals surface area (Å²) in [6.45, 7) is 6.21. The Morgan fingerprint density at radius 3 is 2.57 bits per heavy atom. The quantitative estimate of drug-likeness (QED) is 0.787. The van der Waals surface area contributed by atoms with Crippen molar-refractivity contribution in [3.05, 3.63) is 35.4 Å². The molecule has 0 radical (unpaired) electrons. The summed E-state index contributed by atoms with van der Waals surface area (Å²) in [6.07, 6.45) is 4.97. The molecule has 0 aliphatic carbocycles. The van der Waals surface area contributed by atoms with Crippen LogP contribution in [0.1, 0.15) is 42.9 Å². The van der Waals surface area contributed by atoms with Crippen LogP contribution in [0.5, 0.6) is 0 Å². The predicted octanol–water partition coefficient (Wildman–Crippen LogP) is 1.99. The van der Waals surface area contributed by atoms with E-state index in [1.807, 2.05) is 31.2 Å². The molecule has 4 heteroatoms. The van der Waals surface area contributed by atoms with Gasteiger partial charge in [0.2, 0.25) is 5.91 Å². The van der Waals surface area contributed by atoms with Gasteiger partial charge < -0.3 is 16.0 Å². The number of nitrogens with two attached hydrogens (primary N) is 1. The number of nitrogens with one attached hydrogen (secondary N) is 1. The van der Waals surface area contributed by atoms with E-state index in [1.165, 1.54) is 37.9 Å². The van der Waals surface area contributed by atoms with Crippen molar-refractivity contribution in [2.45, 2.75) is 38.6 Å². The van der Waals surface area contributed by atoms with Crippen LogP contribution in [0.3, 0.4) is 0 Å². The molecule has 1 saturated heterocycles. The molecule has 1 amide bonds. The first-order valence-electron chi connectivity index (χ1n) is 7.99. The third-order valence-electron chi connectivity index (χ3n) is 4.12. The molecule has 0 aromatic heterocycles. The normalized spacial score (nSPS) is 17.4. The van der Waals surface area contributed by atoms with E-state index >= 15 is 0 Å². The Bertz CT molecular complexity index is 438. The van der Waals surface area contributed by atoms with Gasteiger partial charge in [-0.1, -0.05) is 36.2 Å². The molecule has 4 nitrogen and oxygen atoms in total. The number of rotatable bonds is 6. The standard InChI is InChI=1S/C17H27N3O/c1-14-6-8-15(9-7-14)16(18)17(21)19-10-5-13-20-11-3-2-4-12-20/h6-9,16H,2-5,10-13,18H2,1H3,(H,19,21). The minimum absolute atomic E-state index is 0.0857. The Hall–Kier alpha value is -1.39. The molecule has 116 valence electrons. The molecular formula is C17H27N3O. The van der Waals surface area contributed by atoms with Crippen molar-refractivity contribution in [3.63, 3.8) is 0 Å². The molecule has 0 bridgehead atoms. The lowest BCUT2D eigenvalue weighted by molar-refractivity contribution is -0.122. The number of hydrogen-bond acceptors (Lipinski definition) is 3. The fourth-order valence-corrected chi connectivity index (χ4v) is 2.73. The maximum Gasteiger partial charge on any atom is 0.241 e. The lowest BCUT2D eigenvalue weighted by Gasteiger charge is -2.26. The topological polar surface area (TPSA) is 58.4 Å². The van der Waals surface area contributed by atoms with Crippen LogP contribution in [0.2, 0.25) is 0 Å². The highest BCUT2D eigenvalue weighted by molar-refractivity contribution is 5.82. The molecule has 3 N–H and O–H groups in total. The lowest BCUT2D eigenvalue weighted by atomic mass is 10.1. The maximum atomic E-state index is 12.0. The second kappa shape index (κ2) is 8.15. The van der Waals surface area contributed by atoms with Crippen molar-refractivity contribution in [3.8, 4) is 0 Å². The highest BCUT2D eigenvalue weighted by Crippen LogP contribution is 2.11. The van der Waals surface area contributed by atoms with Gasteiger partial charge in [0.05, 0.1) is 0 Å². The summed E-state index contributed by atoms with van der Waals surface area (Å²) in [5, 5.41) is 2.94. The fourth-order valence-electron chi connectivity index (χ4n) is 2.73. The molecule has 1 fully saturated rings. The Balaban J connectivity index is 1.67. The summed E-state index contributed by atoms with van der Waals surface area (Å²) in [4.78, 5) is 14.5. The first-order chi connectivity index (χ1) is 10.2. The van der Waals surface area contributed by atoms with Gasteiger partial charge in [-0.05, 0) is 51.4 Å².